The van der Waals surface area contributed by atoms with Crippen LogP contribution in [0.2, 0.25) is 5.02 Å². The molecule has 0 radical (unpaired) electrons. The fourth-order valence-electron chi connectivity index (χ4n) is 3.28. The van der Waals surface area contributed by atoms with Crippen molar-refractivity contribution < 1.29 is 19.0 Å². The van der Waals surface area contributed by atoms with Gasteiger partial charge < -0.3 is 14.7 Å². The topological polar surface area (TPSA) is 49.8 Å². The van der Waals surface area contributed by atoms with Crippen LogP contribution in [-0.4, -0.2) is 41.2 Å². The average molecular weight is 392 g/mol. The van der Waals surface area contributed by atoms with Gasteiger partial charge in [0.05, 0.1) is 6.54 Å². The second-order valence-electron chi connectivity index (χ2n) is 7.02. The number of amides is 1. The predicted molar refractivity (Wildman–Crippen MR) is 102 cm³/mol. The quantitative estimate of drug-likeness (QED) is 0.813. The Kier molecular flexibility index (Phi) is 6.34. The SMILES string of the molecule is O=C(CCc1ccc(F)cc1)N1CCCC(O)(COc2cccc(Cl)c2)C1. The van der Waals surface area contributed by atoms with Gasteiger partial charge in [0, 0.05) is 18.0 Å². The van der Waals surface area contributed by atoms with Crippen molar-refractivity contribution >= 4 is 17.5 Å². The summed E-state index contributed by atoms with van der Waals surface area (Å²) in [4.78, 5) is 14.2. The minimum atomic E-state index is -1.08. The minimum Gasteiger partial charge on any atom is -0.490 e. The Morgan fingerprint density at radius 3 is 2.78 bits per heavy atom. The maximum Gasteiger partial charge on any atom is 0.223 e. The first kappa shape index (κ1) is 19.6. The monoisotopic (exact) mass is 391 g/mol. The number of piperidine rings is 1. The van der Waals surface area contributed by atoms with Crippen LogP contribution < -0.4 is 4.74 Å². The van der Waals surface area contributed by atoms with E-state index in [1.54, 1.807) is 41.3 Å². The highest BCUT2D eigenvalue weighted by Crippen LogP contribution is 2.25. The molecule has 1 heterocycles. The van der Waals surface area contributed by atoms with Crippen LogP contribution in [0.5, 0.6) is 5.75 Å². The lowest BCUT2D eigenvalue weighted by molar-refractivity contribution is -0.140. The molecule has 1 amide bonds. The van der Waals surface area contributed by atoms with E-state index in [0.717, 1.165) is 12.0 Å². The van der Waals surface area contributed by atoms with E-state index in [-0.39, 0.29) is 24.9 Å². The molecule has 0 spiro atoms. The van der Waals surface area contributed by atoms with Crippen LogP contribution >= 0.6 is 11.6 Å². The van der Waals surface area contributed by atoms with Crippen molar-refractivity contribution in [2.24, 2.45) is 0 Å². The molecular weight excluding hydrogens is 369 g/mol. The molecule has 27 heavy (non-hydrogen) atoms. The summed E-state index contributed by atoms with van der Waals surface area (Å²) in [5, 5.41) is 11.4. The molecule has 4 nitrogen and oxygen atoms in total. The summed E-state index contributed by atoms with van der Waals surface area (Å²) in [6.07, 6.45) is 2.18. The Morgan fingerprint density at radius 1 is 1.26 bits per heavy atom. The number of nitrogens with zero attached hydrogens (tertiary/aromatic N) is 1. The van der Waals surface area contributed by atoms with Crippen molar-refractivity contribution in [3.8, 4) is 5.75 Å². The number of carbonyl (C=O) groups is 1. The molecule has 1 N–H and O–H groups in total. The normalized spacial score (nSPS) is 19.7. The van der Waals surface area contributed by atoms with E-state index < -0.39 is 5.60 Å². The second kappa shape index (κ2) is 8.72. The first-order valence-corrected chi connectivity index (χ1v) is 9.44. The highest BCUT2D eigenvalue weighted by molar-refractivity contribution is 6.30. The lowest BCUT2D eigenvalue weighted by Crippen LogP contribution is -2.53. The van der Waals surface area contributed by atoms with Gasteiger partial charge in [0.2, 0.25) is 5.91 Å². The molecule has 1 fully saturated rings. The average Bonchev–Trinajstić information content (AvgIpc) is 2.66. The van der Waals surface area contributed by atoms with E-state index in [1.165, 1.54) is 12.1 Å². The highest BCUT2D eigenvalue weighted by atomic mass is 35.5. The molecule has 0 bridgehead atoms. The Labute approximate surface area is 163 Å². The molecule has 144 valence electrons. The van der Waals surface area contributed by atoms with Gasteiger partial charge in [0.1, 0.15) is 23.8 Å². The number of aliphatic hydroxyl groups is 1. The van der Waals surface area contributed by atoms with Gasteiger partial charge in [-0.25, -0.2) is 4.39 Å². The maximum absolute atomic E-state index is 13.0. The molecule has 0 aliphatic carbocycles. The number of hydrogen-bond donors (Lipinski definition) is 1. The summed E-state index contributed by atoms with van der Waals surface area (Å²) >= 11 is 5.94. The molecule has 1 aliphatic heterocycles. The minimum absolute atomic E-state index is 0.0137. The number of likely N-dealkylation sites (tertiary alicyclic amines) is 1. The Morgan fingerprint density at radius 2 is 2.04 bits per heavy atom. The molecule has 2 aromatic rings. The van der Waals surface area contributed by atoms with E-state index in [2.05, 4.69) is 0 Å². The lowest BCUT2D eigenvalue weighted by Gasteiger charge is -2.39. The van der Waals surface area contributed by atoms with Crippen LogP contribution in [0, 0.1) is 5.82 Å². The van der Waals surface area contributed by atoms with Gasteiger partial charge in [0.25, 0.3) is 0 Å². The van der Waals surface area contributed by atoms with Crippen LogP contribution in [0.3, 0.4) is 0 Å². The summed E-state index contributed by atoms with van der Waals surface area (Å²) in [6.45, 7) is 0.979. The second-order valence-corrected chi connectivity index (χ2v) is 7.45. The third-order valence-electron chi connectivity index (χ3n) is 4.75. The Balaban J connectivity index is 1.52. The van der Waals surface area contributed by atoms with Crippen molar-refractivity contribution in [1.29, 1.82) is 0 Å². The van der Waals surface area contributed by atoms with Crippen LogP contribution in [-0.2, 0) is 11.2 Å². The van der Waals surface area contributed by atoms with E-state index in [0.29, 0.717) is 36.6 Å². The first-order valence-electron chi connectivity index (χ1n) is 9.07. The molecule has 1 unspecified atom stereocenters. The van der Waals surface area contributed by atoms with Gasteiger partial charge >= 0.3 is 0 Å². The van der Waals surface area contributed by atoms with Gasteiger partial charge in [-0.15, -0.1) is 0 Å². The van der Waals surface area contributed by atoms with Gasteiger partial charge in [-0.05, 0) is 55.2 Å². The summed E-state index contributed by atoms with van der Waals surface area (Å²) in [5.41, 5.74) is -0.159. The summed E-state index contributed by atoms with van der Waals surface area (Å²) in [5.74, 6) is 0.293. The third kappa shape index (κ3) is 5.68. The number of hydrogen-bond acceptors (Lipinski definition) is 3. The van der Waals surface area contributed by atoms with E-state index in [1.807, 2.05) is 0 Å². The molecule has 1 aliphatic rings. The largest absolute Gasteiger partial charge is 0.490 e. The van der Waals surface area contributed by atoms with Crippen LogP contribution in [0.15, 0.2) is 48.5 Å². The number of halogens is 2. The zero-order chi connectivity index (χ0) is 19.3. The van der Waals surface area contributed by atoms with E-state index in [4.69, 9.17) is 16.3 Å². The zero-order valence-corrected chi connectivity index (χ0v) is 15.8. The van der Waals surface area contributed by atoms with Gasteiger partial charge in [-0.3, -0.25) is 4.79 Å². The molecule has 1 atom stereocenters. The number of aryl methyl sites for hydroxylation is 1. The van der Waals surface area contributed by atoms with Crippen LogP contribution in [0.1, 0.15) is 24.8 Å². The van der Waals surface area contributed by atoms with Gasteiger partial charge in [-0.2, -0.15) is 0 Å². The number of ether oxygens (including phenoxy) is 1. The van der Waals surface area contributed by atoms with Gasteiger partial charge in [-0.1, -0.05) is 29.8 Å². The molecule has 1 saturated heterocycles. The summed E-state index contributed by atoms with van der Waals surface area (Å²) < 4.78 is 18.6. The van der Waals surface area contributed by atoms with Gasteiger partial charge in [0.15, 0.2) is 0 Å². The maximum atomic E-state index is 13.0. The lowest BCUT2D eigenvalue weighted by atomic mass is 9.93. The van der Waals surface area contributed by atoms with Crippen molar-refractivity contribution in [2.75, 3.05) is 19.7 Å². The standard InChI is InChI=1S/C21H23ClFNO3/c22-17-3-1-4-19(13-17)27-15-21(26)11-2-12-24(14-21)20(25)10-7-16-5-8-18(23)9-6-16/h1,3-6,8-9,13,26H,2,7,10-12,14-15H2. The first-order chi connectivity index (χ1) is 12.9. The highest BCUT2D eigenvalue weighted by Gasteiger charge is 2.35. The molecule has 6 heteroatoms. The Hall–Kier alpha value is -2.11. The zero-order valence-electron chi connectivity index (χ0n) is 15.0. The molecular formula is C21H23ClFNO3. The summed E-state index contributed by atoms with van der Waals surface area (Å²) in [7, 11) is 0. The van der Waals surface area contributed by atoms with Crippen molar-refractivity contribution in [3.05, 3.63) is 64.9 Å². The number of carbonyl (C=O) groups excluding carboxylic acids is 1. The van der Waals surface area contributed by atoms with Crippen molar-refractivity contribution in [1.82, 2.24) is 4.90 Å². The van der Waals surface area contributed by atoms with Crippen LogP contribution in [0.4, 0.5) is 4.39 Å². The predicted octanol–water partition coefficient (Wildman–Crippen LogP) is 3.84. The van der Waals surface area contributed by atoms with E-state index >= 15 is 0 Å². The van der Waals surface area contributed by atoms with E-state index in [9.17, 15) is 14.3 Å². The molecule has 0 aromatic heterocycles. The van der Waals surface area contributed by atoms with Crippen molar-refractivity contribution in [2.45, 2.75) is 31.3 Å². The smallest absolute Gasteiger partial charge is 0.223 e. The summed E-state index contributed by atoms with van der Waals surface area (Å²) in [6, 6.07) is 13.2. The molecule has 3 rings (SSSR count). The number of β-amino-alcohol motifs (C(OH)–C–C–N with tert-alkyl or cyclic N) is 1. The fourth-order valence-corrected chi connectivity index (χ4v) is 3.46. The fraction of sp³-hybridized carbons (Fsp3) is 0.381. The molecule has 2 aromatic carbocycles. The Bertz CT molecular complexity index is 783. The molecule has 0 saturated carbocycles. The van der Waals surface area contributed by atoms with Crippen molar-refractivity contribution in [3.63, 3.8) is 0 Å². The number of benzene rings is 2. The van der Waals surface area contributed by atoms with Crippen LogP contribution in [0.25, 0.3) is 0 Å². The third-order valence-corrected chi connectivity index (χ3v) is 4.99. The number of rotatable bonds is 6.